The van der Waals surface area contributed by atoms with Crippen LogP contribution in [0.4, 0.5) is 0 Å². The van der Waals surface area contributed by atoms with Crippen LogP contribution in [0.1, 0.15) is 45.1 Å². The van der Waals surface area contributed by atoms with Gasteiger partial charge in [0.15, 0.2) is 0 Å². The van der Waals surface area contributed by atoms with Gasteiger partial charge in [0.25, 0.3) is 5.91 Å². The minimum absolute atomic E-state index is 0.0513. The number of carbonyl (C=O) groups is 1. The lowest BCUT2D eigenvalue weighted by Crippen LogP contribution is -2.28. The molecular weight excluding hydrogens is 498 g/mol. The molecular formula is C27H28ClN3O2S2. The number of thiocarbonyl (C=S) groups is 1. The predicted octanol–water partition coefficient (Wildman–Crippen LogP) is 7.37. The fourth-order valence-corrected chi connectivity index (χ4v) is 5.21. The van der Waals surface area contributed by atoms with Crippen LogP contribution in [0.5, 0.6) is 5.75 Å². The Morgan fingerprint density at radius 1 is 1.11 bits per heavy atom. The van der Waals surface area contributed by atoms with Crippen LogP contribution < -0.4 is 4.74 Å². The summed E-state index contributed by atoms with van der Waals surface area (Å²) in [4.78, 5) is 15.4. The first-order valence-corrected chi connectivity index (χ1v) is 13.4. The molecule has 3 aromatic rings. The molecule has 0 saturated carbocycles. The molecule has 0 radical (unpaired) electrons. The van der Waals surface area contributed by atoms with E-state index < -0.39 is 0 Å². The summed E-state index contributed by atoms with van der Waals surface area (Å²) < 4.78 is 8.23. The Balaban J connectivity index is 1.72. The number of thioether (sulfide) groups is 1. The summed E-state index contributed by atoms with van der Waals surface area (Å²) in [6.07, 6.45) is 7.77. The van der Waals surface area contributed by atoms with Gasteiger partial charge in [-0.25, -0.2) is 4.68 Å². The molecule has 0 N–H and O–H groups in total. The van der Waals surface area contributed by atoms with Gasteiger partial charge in [0.1, 0.15) is 15.8 Å². The van der Waals surface area contributed by atoms with Gasteiger partial charge in [0.2, 0.25) is 0 Å². The minimum atomic E-state index is -0.0513. The molecule has 2 heterocycles. The van der Waals surface area contributed by atoms with Gasteiger partial charge in [-0.05, 0) is 49.2 Å². The molecule has 4 rings (SSSR count). The lowest BCUT2D eigenvalue weighted by Gasteiger charge is -2.13. The minimum Gasteiger partial charge on any atom is -0.492 e. The van der Waals surface area contributed by atoms with Crippen LogP contribution in [0.15, 0.2) is 59.6 Å². The molecule has 1 aromatic heterocycles. The smallest absolute Gasteiger partial charge is 0.266 e. The van der Waals surface area contributed by atoms with Gasteiger partial charge in [0.05, 0.1) is 22.2 Å². The third-order valence-corrected chi connectivity index (χ3v) is 7.29. The Hall–Kier alpha value is -2.61. The van der Waals surface area contributed by atoms with Gasteiger partial charge < -0.3 is 4.74 Å². The highest BCUT2D eigenvalue weighted by Crippen LogP contribution is 2.36. The average Bonchev–Trinajstić information content (AvgIpc) is 3.40. The van der Waals surface area contributed by atoms with E-state index in [2.05, 4.69) is 13.8 Å². The Morgan fingerprint density at radius 3 is 2.60 bits per heavy atom. The molecule has 0 aliphatic carbocycles. The zero-order valence-electron chi connectivity index (χ0n) is 19.9. The molecule has 35 heavy (non-hydrogen) atoms. The molecule has 0 atom stereocenters. The SMILES string of the molecule is CCCCOc1ccc(-c2nn(-c3ccccc3)cc2/C=C2\SC(=S)N(CCCC)C2=O)cc1Cl. The normalized spacial score (nSPS) is 14.8. The summed E-state index contributed by atoms with van der Waals surface area (Å²) >= 11 is 13.4. The van der Waals surface area contributed by atoms with E-state index in [9.17, 15) is 4.79 Å². The standard InChI is InChI=1S/C27H28ClN3O2S2/c1-3-5-14-30-26(32)24(35-27(30)34)17-20-18-31(21-10-8-7-9-11-21)29-25(20)19-12-13-23(22(28)16-19)33-15-6-4-2/h7-13,16-18H,3-6,14-15H2,1-2H3/b24-17-. The molecule has 1 aliphatic heterocycles. The van der Waals surface area contributed by atoms with Crippen molar-refractivity contribution in [3.05, 3.63) is 70.2 Å². The number of carbonyl (C=O) groups excluding carboxylic acids is 1. The molecule has 2 aromatic carbocycles. The lowest BCUT2D eigenvalue weighted by atomic mass is 10.1. The van der Waals surface area contributed by atoms with Crippen molar-refractivity contribution < 1.29 is 9.53 Å². The highest BCUT2D eigenvalue weighted by molar-refractivity contribution is 8.26. The maximum Gasteiger partial charge on any atom is 0.266 e. The van der Waals surface area contributed by atoms with Crippen molar-refractivity contribution in [1.82, 2.24) is 14.7 Å². The molecule has 182 valence electrons. The third kappa shape index (κ3) is 5.97. The van der Waals surface area contributed by atoms with Crippen LogP contribution in [-0.4, -0.2) is 38.1 Å². The van der Waals surface area contributed by atoms with Crippen molar-refractivity contribution in [2.45, 2.75) is 39.5 Å². The van der Waals surface area contributed by atoms with Crippen LogP contribution in [0, 0.1) is 0 Å². The number of benzene rings is 2. The number of para-hydroxylation sites is 1. The Labute approximate surface area is 221 Å². The molecule has 1 aliphatic rings. The quantitative estimate of drug-likeness (QED) is 0.157. The fraction of sp³-hybridized carbons (Fsp3) is 0.296. The number of halogens is 1. The fourth-order valence-electron chi connectivity index (χ4n) is 3.67. The molecule has 0 unspecified atom stereocenters. The number of ether oxygens (including phenoxy) is 1. The zero-order chi connectivity index (χ0) is 24.8. The van der Waals surface area contributed by atoms with Crippen molar-refractivity contribution in [2.75, 3.05) is 13.2 Å². The van der Waals surface area contributed by atoms with E-state index in [0.29, 0.717) is 33.1 Å². The number of rotatable bonds is 10. The zero-order valence-corrected chi connectivity index (χ0v) is 22.3. The van der Waals surface area contributed by atoms with Crippen LogP contribution in [0.2, 0.25) is 5.02 Å². The molecule has 0 spiro atoms. The first-order chi connectivity index (χ1) is 17.0. The second kappa shape index (κ2) is 11.9. The summed E-state index contributed by atoms with van der Waals surface area (Å²) in [6.45, 7) is 5.49. The molecule has 1 amide bonds. The number of nitrogens with zero attached hydrogens (tertiary/aromatic N) is 3. The second-order valence-corrected chi connectivity index (χ2v) is 10.3. The van der Waals surface area contributed by atoms with Gasteiger partial charge in [-0.1, -0.05) is 80.5 Å². The van der Waals surface area contributed by atoms with Crippen molar-refractivity contribution in [3.63, 3.8) is 0 Å². The van der Waals surface area contributed by atoms with E-state index in [0.717, 1.165) is 48.2 Å². The second-order valence-electron chi connectivity index (χ2n) is 8.25. The monoisotopic (exact) mass is 525 g/mol. The summed E-state index contributed by atoms with van der Waals surface area (Å²) in [7, 11) is 0. The molecule has 5 nitrogen and oxygen atoms in total. The summed E-state index contributed by atoms with van der Waals surface area (Å²) in [5.74, 6) is 0.606. The Morgan fingerprint density at radius 2 is 1.89 bits per heavy atom. The van der Waals surface area contributed by atoms with E-state index in [1.165, 1.54) is 11.8 Å². The van der Waals surface area contributed by atoms with E-state index in [4.69, 9.17) is 33.7 Å². The number of amides is 1. The van der Waals surface area contributed by atoms with Crippen LogP contribution in [0.3, 0.4) is 0 Å². The average molecular weight is 526 g/mol. The molecule has 1 fully saturated rings. The van der Waals surface area contributed by atoms with Crippen LogP contribution >= 0.6 is 35.6 Å². The van der Waals surface area contributed by atoms with Crippen molar-refractivity contribution in [1.29, 1.82) is 0 Å². The Bertz CT molecular complexity index is 1240. The first-order valence-electron chi connectivity index (χ1n) is 11.8. The van der Waals surface area contributed by atoms with Crippen molar-refractivity contribution in [2.24, 2.45) is 0 Å². The summed E-state index contributed by atoms with van der Waals surface area (Å²) in [5, 5.41) is 5.39. The molecule has 0 bridgehead atoms. The van der Waals surface area contributed by atoms with E-state index in [1.807, 2.05) is 65.5 Å². The van der Waals surface area contributed by atoms with Crippen molar-refractivity contribution >= 4 is 51.9 Å². The maximum atomic E-state index is 13.1. The van der Waals surface area contributed by atoms with Gasteiger partial charge in [-0.2, -0.15) is 5.10 Å². The van der Waals surface area contributed by atoms with E-state index in [1.54, 1.807) is 4.90 Å². The van der Waals surface area contributed by atoms with E-state index >= 15 is 0 Å². The number of unbranched alkanes of at least 4 members (excludes halogenated alkanes) is 2. The predicted molar refractivity (Wildman–Crippen MR) is 149 cm³/mol. The van der Waals surface area contributed by atoms with Crippen LogP contribution in [-0.2, 0) is 4.79 Å². The van der Waals surface area contributed by atoms with Gasteiger partial charge >= 0.3 is 0 Å². The van der Waals surface area contributed by atoms with Gasteiger partial charge in [-0.3, -0.25) is 9.69 Å². The largest absolute Gasteiger partial charge is 0.492 e. The summed E-state index contributed by atoms with van der Waals surface area (Å²) in [6, 6.07) is 15.6. The molecule has 8 heteroatoms. The number of hydrogen-bond acceptors (Lipinski definition) is 5. The first kappa shape index (κ1) is 25.5. The van der Waals surface area contributed by atoms with Crippen molar-refractivity contribution in [3.8, 4) is 22.7 Å². The number of hydrogen-bond donors (Lipinski definition) is 0. The Kier molecular flexibility index (Phi) is 8.65. The third-order valence-electron chi connectivity index (χ3n) is 5.62. The van der Waals surface area contributed by atoms with E-state index in [-0.39, 0.29) is 5.91 Å². The lowest BCUT2D eigenvalue weighted by molar-refractivity contribution is -0.122. The summed E-state index contributed by atoms with van der Waals surface area (Å²) in [5.41, 5.74) is 3.32. The van der Waals surface area contributed by atoms with Gasteiger partial charge in [0, 0.05) is 23.9 Å². The van der Waals surface area contributed by atoms with Crippen LogP contribution in [0.25, 0.3) is 23.0 Å². The maximum absolute atomic E-state index is 13.1. The molecule has 1 saturated heterocycles. The topological polar surface area (TPSA) is 47.4 Å². The van der Waals surface area contributed by atoms with Gasteiger partial charge in [-0.15, -0.1) is 0 Å². The number of aromatic nitrogens is 2. The highest BCUT2D eigenvalue weighted by Gasteiger charge is 2.32. The highest BCUT2D eigenvalue weighted by atomic mass is 35.5.